The predicted octanol–water partition coefficient (Wildman–Crippen LogP) is 4.25. The molecule has 0 saturated heterocycles. The van der Waals surface area contributed by atoms with E-state index in [1.807, 2.05) is 19.9 Å². The lowest BCUT2D eigenvalue weighted by molar-refractivity contribution is -0.123. The number of nitrogens with zero attached hydrogens (tertiary/aromatic N) is 2. The van der Waals surface area contributed by atoms with E-state index < -0.39 is 22.5 Å². The maximum absolute atomic E-state index is 13.6. The summed E-state index contributed by atoms with van der Waals surface area (Å²) in [7, 11) is -4.04. The van der Waals surface area contributed by atoms with Gasteiger partial charge in [0.2, 0.25) is 0 Å². The average molecular weight is 589 g/mol. The summed E-state index contributed by atoms with van der Waals surface area (Å²) in [5.41, 5.74) is 6.09. The van der Waals surface area contributed by atoms with Crippen LogP contribution in [0.25, 0.3) is 0 Å². The molecule has 0 radical (unpaired) electrons. The zero-order valence-electron chi connectivity index (χ0n) is 23.5. The lowest BCUT2D eigenvalue weighted by Crippen LogP contribution is -2.40. The fourth-order valence-electron chi connectivity index (χ4n) is 4.02. The number of sulfonamides is 1. The molecule has 10 nitrogen and oxygen atoms in total. The molecule has 3 aromatic carbocycles. The number of benzene rings is 3. The number of amides is 2. The number of carbonyl (C=O) groups excluding carboxylic acids is 2. The summed E-state index contributed by atoms with van der Waals surface area (Å²) in [6.07, 6.45) is 2.96. The van der Waals surface area contributed by atoms with Crippen LogP contribution in [0.1, 0.15) is 28.0 Å². The molecule has 0 aliphatic heterocycles. The first-order valence-corrected chi connectivity index (χ1v) is 14.6. The highest BCUT2D eigenvalue weighted by molar-refractivity contribution is 7.92. The summed E-state index contributed by atoms with van der Waals surface area (Å²) < 4.78 is 38.9. The van der Waals surface area contributed by atoms with E-state index in [9.17, 15) is 18.0 Å². The van der Waals surface area contributed by atoms with Crippen LogP contribution < -0.4 is 19.8 Å². The van der Waals surface area contributed by atoms with Crippen molar-refractivity contribution < 1.29 is 27.2 Å². The van der Waals surface area contributed by atoms with Gasteiger partial charge >= 0.3 is 0 Å². The van der Waals surface area contributed by atoms with E-state index in [0.717, 1.165) is 21.0 Å². The molecular formula is C31H32N4O6S. The first kappa shape index (κ1) is 30.1. The molecule has 0 fully saturated rings. The third kappa shape index (κ3) is 8.07. The van der Waals surface area contributed by atoms with Crippen LogP contribution in [0.4, 0.5) is 5.69 Å². The number of carbonyl (C=O) groups is 2. The standard InChI is InChI=1S/C31H32N4O6S/c1-22-6-13-28(14-7-22)42(38,39)35(29-15-8-23(2)17-24(29)3)20-30(36)34-33-18-25-9-11-26(12-10-25)41-21-31(37)32-19-27-5-4-16-40-27/h4-18H,19-21H2,1-3H3,(H,32,37)(H,34,36)/b33-18-. The number of hydrogen-bond donors (Lipinski definition) is 2. The summed E-state index contributed by atoms with van der Waals surface area (Å²) in [5, 5.41) is 6.68. The van der Waals surface area contributed by atoms with E-state index in [1.54, 1.807) is 67.6 Å². The first-order valence-electron chi connectivity index (χ1n) is 13.1. The van der Waals surface area contributed by atoms with Gasteiger partial charge in [0.15, 0.2) is 6.61 Å². The summed E-state index contributed by atoms with van der Waals surface area (Å²) in [6.45, 7) is 5.23. The first-order chi connectivity index (χ1) is 20.1. The lowest BCUT2D eigenvalue weighted by Gasteiger charge is -2.25. The summed E-state index contributed by atoms with van der Waals surface area (Å²) in [6, 6.07) is 22.1. The summed E-state index contributed by atoms with van der Waals surface area (Å²) >= 11 is 0. The van der Waals surface area contributed by atoms with Gasteiger partial charge in [0.1, 0.15) is 18.1 Å². The van der Waals surface area contributed by atoms with E-state index in [1.165, 1.54) is 24.6 Å². The molecule has 0 spiro atoms. The monoisotopic (exact) mass is 588 g/mol. The van der Waals surface area contributed by atoms with Crippen molar-refractivity contribution >= 4 is 33.7 Å². The Morgan fingerprint density at radius 2 is 1.64 bits per heavy atom. The molecule has 0 bridgehead atoms. The molecule has 0 atom stereocenters. The van der Waals surface area contributed by atoms with Gasteiger partial charge in [-0.2, -0.15) is 5.10 Å². The van der Waals surface area contributed by atoms with E-state index in [0.29, 0.717) is 22.8 Å². The normalized spacial score (nSPS) is 11.3. The van der Waals surface area contributed by atoms with E-state index >= 15 is 0 Å². The largest absolute Gasteiger partial charge is 0.484 e. The Labute approximate surface area is 245 Å². The second kappa shape index (κ2) is 13.6. The van der Waals surface area contributed by atoms with E-state index in [-0.39, 0.29) is 24.0 Å². The Morgan fingerprint density at radius 3 is 2.31 bits per heavy atom. The number of hydrogen-bond acceptors (Lipinski definition) is 7. The molecule has 11 heteroatoms. The highest BCUT2D eigenvalue weighted by Crippen LogP contribution is 2.27. The SMILES string of the molecule is Cc1ccc(S(=O)(=O)N(CC(=O)N/N=C\c2ccc(OCC(=O)NCc3ccco3)cc2)c2ccc(C)cc2C)cc1. The number of nitrogens with one attached hydrogen (secondary N) is 2. The second-order valence-corrected chi connectivity index (χ2v) is 11.5. The number of ether oxygens (including phenoxy) is 1. The van der Waals surface area contributed by atoms with Crippen LogP contribution in [0.5, 0.6) is 5.75 Å². The van der Waals surface area contributed by atoms with Gasteiger partial charge in [0.05, 0.1) is 29.6 Å². The van der Waals surface area contributed by atoms with Crippen molar-refractivity contribution in [1.29, 1.82) is 0 Å². The van der Waals surface area contributed by atoms with Crippen molar-refractivity contribution in [1.82, 2.24) is 10.7 Å². The lowest BCUT2D eigenvalue weighted by atomic mass is 10.1. The Kier molecular flexibility index (Phi) is 9.77. The summed E-state index contributed by atoms with van der Waals surface area (Å²) in [4.78, 5) is 24.9. The minimum atomic E-state index is -4.04. The molecule has 0 saturated carbocycles. The average Bonchev–Trinajstić information content (AvgIpc) is 3.49. The van der Waals surface area contributed by atoms with Crippen LogP contribution in [0.2, 0.25) is 0 Å². The number of furan rings is 1. The van der Waals surface area contributed by atoms with Crippen molar-refractivity contribution in [2.75, 3.05) is 17.5 Å². The third-order valence-corrected chi connectivity index (χ3v) is 7.98. The molecule has 2 amide bonds. The van der Waals surface area contributed by atoms with Gasteiger partial charge in [-0.05, 0) is 86.5 Å². The minimum Gasteiger partial charge on any atom is -0.484 e. The van der Waals surface area contributed by atoms with Crippen LogP contribution in [0.3, 0.4) is 0 Å². The van der Waals surface area contributed by atoms with Gasteiger partial charge in [-0.3, -0.25) is 13.9 Å². The van der Waals surface area contributed by atoms with E-state index in [2.05, 4.69) is 15.8 Å². The number of anilines is 1. The number of aryl methyl sites for hydroxylation is 3. The van der Waals surface area contributed by atoms with Crippen LogP contribution >= 0.6 is 0 Å². The molecule has 1 aromatic heterocycles. The van der Waals surface area contributed by atoms with Crippen LogP contribution in [-0.4, -0.2) is 39.6 Å². The number of hydrazone groups is 1. The van der Waals surface area contributed by atoms with Gasteiger partial charge in [0, 0.05) is 0 Å². The van der Waals surface area contributed by atoms with Gasteiger partial charge in [0.25, 0.3) is 21.8 Å². The molecule has 0 aliphatic carbocycles. The summed E-state index contributed by atoms with van der Waals surface area (Å²) in [5.74, 6) is 0.223. The van der Waals surface area contributed by atoms with Crippen LogP contribution in [-0.2, 0) is 26.2 Å². The van der Waals surface area contributed by atoms with E-state index in [4.69, 9.17) is 9.15 Å². The van der Waals surface area contributed by atoms with Crippen molar-refractivity contribution in [2.24, 2.45) is 5.10 Å². The smallest absolute Gasteiger partial charge is 0.264 e. The fraction of sp³-hybridized carbons (Fsp3) is 0.194. The zero-order valence-corrected chi connectivity index (χ0v) is 24.4. The van der Waals surface area contributed by atoms with Gasteiger partial charge in [-0.25, -0.2) is 13.8 Å². The highest BCUT2D eigenvalue weighted by Gasteiger charge is 2.28. The molecule has 218 valence electrons. The quantitative estimate of drug-likeness (QED) is 0.188. The second-order valence-electron chi connectivity index (χ2n) is 9.62. The van der Waals surface area contributed by atoms with Crippen molar-refractivity contribution in [3.63, 3.8) is 0 Å². The number of rotatable bonds is 12. The molecule has 0 aliphatic rings. The molecule has 2 N–H and O–H groups in total. The van der Waals surface area contributed by atoms with Crippen LogP contribution in [0.15, 0.2) is 99.5 Å². The maximum Gasteiger partial charge on any atom is 0.264 e. The third-order valence-electron chi connectivity index (χ3n) is 6.21. The Morgan fingerprint density at radius 1 is 0.929 bits per heavy atom. The molecule has 0 unspecified atom stereocenters. The van der Waals surface area contributed by atoms with Gasteiger partial charge in [-0.1, -0.05) is 35.4 Å². The molecule has 1 heterocycles. The highest BCUT2D eigenvalue weighted by atomic mass is 32.2. The van der Waals surface area contributed by atoms with Gasteiger partial charge in [-0.15, -0.1) is 0 Å². The molecule has 4 aromatic rings. The topological polar surface area (TPSA) is 130 Å². The van der Waals surface area contributed by atoms with Crippen molar-refractivity contribution in [3.05, 3.63) is 113 Å². The molecular weight excluding hydrogens is 556 g/mol. The van der Waals surface area contributed by atoms with Crippen LogP contribution in [0, 0.1) is 20.8 Å². The maximum atomic E-state index is 13.6. The molecule has 4 rings (SSSR count). The Hall–Kier alpha value is -4.90. The van der Waals surface area contributed by atoms with Crippen molar-refractivity contribution in [3.8, 4) is 5.75 Å². The molecule has 42 heavy (non-hydrogen) atoms. The predicted molar refractivity (Wildman–Crippen MR) is 160 cm³/mol. The zero-order chi connectivity index (χ0) is 30.1. The Balaban J connectivity index is 1.36. The van der Waals surface area contributed by atoms with Gasteiger partial charge < -0.3 is 14.5 Å². The Bertz CT molecular complexity index is 1650. The minimum absolute atomic E-state index is 0.0849. The van der Waals surface area contributed by atoms with Crippen molar-refractivity contribution in [2.45, 2.75) is 32.2 Å². The fourth-order valence-corrected chi connectivity index (χ4v) is 5.50.